The van der Waals surface area contributed by atoms with Gasteiger partial charge in [0.15, 0.2) is 0 Å². The van der Waals surface area contributed by atoms with Gasteiger partial charge in [-0.25, -0.2) is 0 Å². The first-order valence-electron chi connectivity index (χ1n) is 4.34. The fraction of sp³-hybridized carbons (Fsp3) is 0.889. The van der Waals surface area contributed by atoms with Crippen molar-refractivity contribution < 1.29 is 9.35 Å². The minimum Gasteiger partial charge on any atom is -0.616 e. The molecule has 13 heavy (non-hydrogen) atoms. The second-order valence-corrected chi connectivity index (χ2v) is 5.84. The Morgan fingerprint density at radius 3 is 2.31 bits per heavy atom. The molecule has 0 aromatic carbocycles. The van der Waals surface area contributed by atoms with Crippen molar-refractivity contribution in [3.63, 3.8) is 0 Å². The van der Waals surface area contributed by atoms with Gasteiger partial charge in [-0.3, -0.25) is 4.79 Å². The molecule has 0 aromatic rings. The van der Waals surface area contributed by atoms with Crippen molar-refractivity contribution in [1.82, 2.24) is 5.32 Å². The van der Waals surface area contributed by atoms with Crippen LogP contribution in [-0.4, -0.2) is 28.5 Å². The van der Waals surface area contributed by atoms with E-state index < -0.39 is 11.2 Å². The zero-order chi connectivity index (χ0) is 10.6. The number of carbonyl (C=O) groups excluding carboxylic acids is 1. The molecule has 2 unspecified atom stereocenters. The van der Waals surface area contributed by atoms with Crippen LogP contribution in [0.5, 0.6) is 0 Å². The van der Waals surface area contributed by atoms with Crippen molar-refractivity contribution in [1.29, 1.82) is 0 Å². The van der Waals surface area contributed by atoms with Crippen LogP contribution in [-0.2, 0) is 16.0 Å². The summed E-state index contributed by atoms with van der Waals surface area (Å²) in [4.78, 5) is 11.4. The summed E-state index contributed by atoms with van der Waals surface area (Å²) in [5.74, 6) is 0.521. The van der Waals surface area contributed by atoms with Crippen LogP contribution in [0.2, 0.25) is 0 Å². The Morgan fingerprint density at radius 1 is 1.54 bits per heavy atom. The fourth-order valence-corrected chi connectivity index (χ4v) is 1.62. The van der Waals surface area contributed by atoms with Crippen LogP contribution >= 0.6 is 0 Å². The molecule has 0 aliphatic carbocycles. The highest BCUT2D eigenvalue weighted by Gasteiger charge is 2.23. The molecule has 1 amide bonds. The first-order chi connectivity index (χ1) is 5.73. The number of carbonyl (C=O) groups is 1. The summed E-state index contributed by atoms with van der Waals surface area (Å²) >= 11 is -0.854. The molecule has 0 aliphatic rings. The molecule has 0 aromatic heterocycles. The third-order valence-corrected chi connectivity index (χ3v) is 2.51. The molecule has 0 rings (SSSR count). The van der Waals surface area contributed by atoms with Gasteiger partial charge in [-0.1, -0.05) is 31.9 Å². The number of hydrogen-bond acceptors (Lipinski definition) is 2. The summed E-state index contributed by atoms with van der Waals surface area (Å²) < 4.78 is 10.8. The van der Waals surface area contributed by atoms with Gasteiger partial charge in [-0.05, 0) is 6.92 Å². The lowest BCUT2D eigenvalue weighted by atomic mass is 9.95. The number of nitrogens with one attached hydrogen (secondary N) is 1. The molecule has 0 radical (unpaired) electrons. The van der Waals surface area contributed by atoms with E-state index in [4.69, 9.17) is 0 Å². The van der Waals surface area contributed by atoms with Crippen LogP contribution in [0.1, 0.15) is 27.7 Å². The Bertz CT molecular complexity index is 175. The van der Waals surface area contributed by atoms with Crippen LogP contribution in [0.4, 0.5) is 0 Å². The monoisotopic (exact) mass is 205 g/mol. The van der Waals surface area contributed by atoms with Gasteiger partial charge in [-0.2, -0.15) is 0 Å². The van der Waals surface area contributed by atoms with E-state index in [1.807, 2.05) is 27.7 Å². The van der Waals surface area contributed by atoms with Crippen LogP contribution in [0, 0.1) is 5.41 Å². The number of hydrogen-bond donors (Lipinski definition) is 1. The third kappa shape index (κ3) is 5.93. The standard InChI is InChI=1S/C9H19NO2S/c1-7(6-13(5)12)10-8(11)9(2,3)4/h7H,6H2,1-5H3,(H,10,11). The lowest BCUT2D eigenvalue weighted by molar-refractivity contribution is -0.128. The van der Waals surface area contributed by atoms with E-state index in [1.165, 1.54) is 0 Å². The van der Waals surface area contributed by atoms with Gasteiger partial charge in [0, 0.05) is 5.41 Å². The zero-order valence-electron chi connectivity index (χ0n) is 9.01. The summed E-state index contributed by atoms with van der Waals surface area (Å²) in [7, 11) is 0. The van der Waals surface area contributed by atoms with E-state index in [9.17, 15) is 9.35 Å². The fourth-order valence-electron chi connectivity index (χ4n) is 0.834. The quantitative estimate of drug-likeness (QED) is 0.696. The Labute approximate surface area is 83.5 Å². The average molecular weight is 205 g/mol. The molecule has 2 atom stereocenters. The van der Waals surface area contributed by atoms with Gasteiger partial charge in [0.2, 0.25) is 5.91 Å². The molecular formula is C9H19NO2S. The Hall–Kier alpha value is -0.220. The summed E-state index contributed by atoms with van der Waals surface area (Å²) in [5.41, 5.74) is -0.372. The van der Waals surface area contributed by atoms with Crippen molar-refractivity contribution >= 4 is 17.1 Å². The predicted octanol–water partition coefficient (Wildman–Crippen LogP) is 0.916. The number of rotatable bonds is 3. The molecule has 0 spiro atoms. The van der Waals surface area contributed by atoms with E-state index in [0.717, 1.165) is 0 Å². The van der Waals surface area contributed by atoms with Crippen LogP contribution in [0.15, 0.2) is 0 Å². The molecule has 0 heterocycles. The molecule has 0 saturated heterocycles. The lowest BCUT2D eigenvalue weighted by Gasteiger charge is -2.21. The first-order valence-corrected chi connectivity index (χ1v) is 6.07. The van der Waals surface area contributed by atoms with E-state index in [-0.39, 0.29) is 17.4 Å². The molecule has 0 aliphatic heterocycles. The highest BCUT2D eigenvalue weighted by molar-refractivity contribution is 7.90. The molecule has 3 nitrogen and oxygen atoms in total. The SMILES string of the molecule is CC(C[S+](C)[O-])NC(=O)C(C)(C)C. The van der Waals surface area contributed by atoms with E-state index in [0.29, 0.717) is 5.75 Å². The second-order valence-electron chi connectivity index (χ2n) is 4.36. The van der Waals surface area contributed by atoms with Crippen LogP contribution in [0.3, 0.4) is 0 Å². The minimum atomic E-state index is -0.854. The highest BCUT2D eigenvalue weighted by atomic mass is 32.2. The van der Waals surface area contributed by atoms with E-state index >= 15 is 0 Å². The Balaban J connectivity index is 3.93. The summed E-state index contributed by atoms with van der Waals surface area (Å²) in [5, 5.41) is 2.82. The van der Waals surface area contributed by atoms with Gasteiger partial charge in [0.05, 0.1) is 12.3 Å². The number of amides is 1. The van der Waals surface area contributed by atoms with Crippen molar-refractivity contribution in [2.75, 3.05) is 12.0 Å². The maximum absolute atomic E-state index is 11.4. The van der Waals surface area contributed by atoms with Gasteiger partial charge >= 0.3 is 0 Å². The van der Waals surface area contributed by atoms with Gasteiger partial charge in [0.25, 0.3) is 0 Å². The van der Waals surface area contributed by atoms with E-state index in [2.05, 4.69) is 5.32 Å². The molecule has 78 valence electrons. The Morgan fingerprint density at radius 2 is 2.00 bits per heavy atom. The topological polar surface area (TPSA) is 52.2 Å². The van der Waals surface area contributed by atoms with E-state index in [1.54, 1.807) is 6.26 Å². The van der Waals surface area contributed by atoms with Crippen LogP contribution in [0.25, 0.3) is 0 Å². The van der Waals surface area contributed by atoms with Crippen molar-refractivity contribution in [2.45, 2.75) is 33.7 Å². The predicted molar refractivity (Wildman–Crippen MR) is 56.0 cm³/mol. The van der Waals surface area contributed by atoms with Gasteiger partial charge in [-0.15, -0.1) is 0 Å². The minimum absolute atomic E-state index is 0.00505. The summed E-state index contributed by atoms with van der Waals surface area (Å²) in [6, 6.07) is -0.0161. The lowest BCUT2D eigenvalue weighted by Crippen LogP contribution is -2.43. The molecule has 0 fully saturated rings. The van der Waals surface area contributed by atoms with Crippen LogP contribution < -0.4 is 5.32 Å². The maximum atomic E-state index is 11.4. The Kier molecular flexibility index (Phi) is 4.78. The smallest absolute Gasteiger partial charge is 0.225 e. The molecular weight excluding hydrogens is 186 g/mol. The molecule has 0 bridgehead atoms. The van der Waals surface area contributed by atoms with Crippen molar-refractivity contribution in [2.24, 2.45) is 5.41 Å². The first kappa shape index (κ1) is 12.8. The molecule has 1 N–H and O–H groups in total. The highest BCUT2D eigenvalue weighted by Crippen LogP contribution is 2.12. The second kappa shape index (κ2) is 4.86. The summed E-state index contributed by atoms with van der Waals surface area (Å²) in [6.07, 6.45) is 1.64. The molecule has 4 heteroatoms. The maximum Gasteiger partial charge on any atom is 0.225 e. The van der Waals surface area contributed by atoms with Crippen molar-refractivity contribution in [3.8, 4) is 0 Å². The van der Waals surface area contributed by atoms with Gasteiger partial charge < -0.3 is 9.87 Å². The van der Waals surface area contributed by atoms with Crippen molar-refractivity contribution in [3.05, 3.63) is 0 Å². The zero-order valence-corrected chi connectivity index (χ0v) is 9.83. The van der Waals surface area contributed by atoms with Gasteiger partial charge in [0.1, 0.15) is 5.75 Å². The third-order valence-electron chi connectivity index (χ3n) is 1.54. The largest absolute Gasteiger partial charge is 0.616 e. The summed E-state index contributed by atoms with van der Waals surface area (Å²) in [6.45, 7) is 7.44. The normalized spacial score (nSPS) is 16.5. The average Bonchev–Trinajstić information content (AvgIpc) is 1.82. The molecule has 0 saturated carbocycles.